The maximum absolute atomic E-state index is 12.7. The third-order valence-electron chi connectivity index (χ3n) is 2.54. The van der Waals surface area contributed by atoms with E-state index >= 15 is 0 Å². The summed E-state index contributed by atoms with van der Waals surface area (Å²) in [4.78, 5) is 14.4. The molecule has 0 fully saturated rings. The molecule has 1 aromatic heterocycles. The van der Waals surface area contributed by atoms with Crippen LogP contribution in [0, 0.1) is 0 Å². The Labute approximate surface area is 122 Å². The number of rotatable bonds is 3. The van der Waals surface area contributed by atoms with Gasteiger partial charge < -0.3 is 10.4 Å². The quantitative estimate of drug-likeness (QED) is 0.891. The van der Waals surface area contributed by atoms with Gasteiger partial charge in [0.1, 0.15) is 17.1 Å². The SMILES string of the molecule is O=C(O)c1ccc(C(F)(F)F)nc1Nc1ccccc1Cl. The van der Waals surface area contributed by atoms with Gasteiger partial charge >= 0.3 is 12.1 Å². The smallest absolute Gasteiger partial charge is 0.433 e. The number of alkyl halides is 3. The lowest BCUT2D eigenvalue weighted by Crippen LogP contribution is -2.12. The Morgan fingerprint density at radius 2 is 1.86 bits per heavy atom. The van der Waals surface area contributed by atoms with Gasteiger partial charge in [0.15, 0.2) is 0 Å². The van der Waals surface area contributed by atoms with E-state index in [2.05, 4.69) is 10.3 Å². The topological polar surface area (TPSA) is 62.2 Å². The molecule has 0 radical (unpaired) electrons. The third-order valence-corrected chi connectivity index (χ3v) is 2.87. The Bertz CT molecular complexity index is 689. The molecule has 0 saturated heterocycles. The van der Waals surface area contributed by atoms with Crippen LogP contribution in [0.1, 0.15) is 16.1 Å². The molecule has 1 aromatic carbocycles. The van der Waals surface area contributed by atoms with Crippen molar-refractivity contribution in [2.24, 2.45) is 0 Å². The van der Waals surface area contributed by atoms with E-state index < -0.39 is 23.7 Å². The first kappa shape index (κ1) is 15.1. The molecule has 2 rings (SSSR count). The van der Waals surface area contributed by atoms with Gasteiger partial charge in [0.25, 0.3) is 0 Å². The first-order valence-electron chi connectivity index (χ1n) is 5.62. The van der Waals surface area contributed by atoms with Crippen LogP contribution < -0.4 is 5.32 Å². The van der Waals surface area contributed by atoms with Gasteiger partial charge in [-0.3, -0.25) is 0 Å². The second kappa shape index (κ2) is 5.61. The minimum atomic E-state index is -4.67. The van der Waals surface area contributed by atoms with Crippen LogP contribution in [0.4, 0.5) is 24.7 Å². The first-order valence-corrected chi connectivity index (χ1v) is 6.00. The molecule has 0 saturated carbocycles. The van der Waals surface area contributed by atoms with Crippen LogP contribution >= 0.6 is 11.6 Å². The summed E-state index contributed by atoms with van der Waals surface area (Å²) in [5, 5.41) is 11.8. The highest BCUT2D eigenvalue weighted by Gasteiger charge is 2.33. The van der Waals surface area contributed by atoms with Crippen molar-refractivity contribution in [1.82, 2.24) is 4.98 Å². The van der Waals surface area contributed by atoms with Crippen LogP contribution in [0.25, 0.3) is 0 Å². The summed E-state index contributed by atoms with van der Waals surface area (Å²) < 4.78 is 38.0. The summed E-state index contributed by atoms with van der Waals surface area (Å²) in [6.45, 7) is 0. The molecule has 0 amide bonds. The molecule has 0 aliphatic carbocycles. The van der Waals surface area contributed by atoms with Gasteiger partial charge in [-0.1, -0.05) is 23.7 Å². The van der Waals surface area contributed by atoms with Gasteiger partial charge in [0.05, 0.1) is 10.7 Å². The lowest BCUT2D eigenvalue weighted by atomic mass is 10.2. The van der Waals surface area contributed by atoms with Crippen LogP contribution in [-0.4, -0.2) is 16.1 Å². The Balaban J connectivity index is 2.49. The van der Waals surface area contributed by atoms with E-state index in [-0.39, 0.29) is 16.3 Å². The fourth-order valence-corrected chi connectivity index (χ4v) is 1.76. The highest BCUT2D eigenvalue weighted by atomic mass is 35.5. The van der Waals surface area contributed by atoms with E-state index in [9.17, 15) is 18.0 Å². The number of carboxylic acids is 1. The molecule has 21 heavy (non-hydrogen) atoms. The number of nitrogens with zero attached hydrogens (tertiary/aromatic N) is 1. The Morgan fingerprint density at radius 3 is 2.43 bits per heavy atom. The molecule has 4 nitrogen and oxygen atoms in total. The summed E-state index contributed by atoms with van der Waals surface area (Å²) in [5.74, 6) is -1.82. The van der Waals surface area contributed by atoms with Gasteiger partial charge in [0.2, 0.25) is 0 Å². The summed E-state index contributed by atoms with van der Waals surface area (Å²) >= 11 is 5.88. The summed E-state index contributed by atoms with van der Waals surface area (Å²) in [7, 11) is 0. The molecular weight excluding hydrogens is 309 g/mol. The number of aromatic carboxylic acids is 1. The van der Waals surface area contributed by atoms with Crippen molar-refractivity contribution in [2.75, 3.05) is 5.32 Å². The molecule has 2 aromatic rings. The summed E-state index contributed by atoms with van der Waals surface area (Å²) in [6, 6.07) is 7.69. The van der Waals surface area contributed by atoms with Gasteiger partial charge in [-0.25, -0.2) is 9.78 Å². The van der Waals surface area contributed by atoms with E-state index in [1.165, 1.54) is 12.1 Å². The number of para-hydroxylation sites is 1. The summed E-state index contributed by atoms with van der Waals surface area (Å²) in [6.07, 6.45) is -4.67. The van der Waals surface area contributed by atoms with Crippen molar-refractivity contribution < 1.29 is 23.1 Å². The minimum absolute atomic E-state index is 0.230. The van der Waals surface area contributed by atoms with Gasteiger partial charge in [-0.05, 0) is 24.3 Å². The van der Waals surface area contributed by atoms with E-state index in [1.54, 1.807) is 12.1 Å². The standard InChI is InChI=1S/C13H8ClF3N2O2/c14-8-3-1-2-4-9(8)18-11-7(12(20)21)5-6-10(19-11)13(15,16)17/h1-6H,(H,18,19)(H,20,21). The molecule has 0 aliphatic heterocycles. The number of nitrogens with one attached hydrogen (secondary N) is 1. The van der Waals surface area contributed by atoms with Crippen molar-refractivity contribution in [2.45, 2.75) is 6.18 Å². The van der Waals surface area contributed by atoms with Gasteiger partial charge in [0, 0.05) is 0 Å². The molecule has 0 aliphatic rings. The average molecular weight is 317 g/mol. The lowest BCUT2D eigenvalue weighted by molar-refractivity contribution is -0.141. The second-order valence-electron chi connectivity index (χ2n) is 4.00. The molecule has 0 bridgehead atoms. The largest absolute Gasteiger partial charge is 0.478 e. The van der Waals surface area contributed by atoms with Crippen LogP contribution in [0.15, 0.2) is 36.4 Å². The zero-order valence-corrected chi connectivity index (χ0v) is 11.0. The van der Waals surface area contributed by atoms with Crippen LogP contribution in [0.2, 0.25) is 5.02 Å². The van der Waals surface area contributed by atoms with Crippen molar-refractivity contribution in [1.29, 1.82) is 0 Å². The fraction of sp³-hybridized carbons (Fsp3) is 0.0769. The molecular formula is C13H8ClF3N2O2. The highest BCUT2D eigenvalue weighted by molar-refractivity contribution is 6.33. The number of carboxylic acid groups (broad SMARTS) is 1. The first-order chi connectivity index (χ1) is 9.79. The molecule has 8 heteroatoms. The highest BCUT2D eigenvalue weighted by Crippen LogP contribution is 2.31. The summed E-state index contributed by atoms with van der Waals surface area (Å²) in [5.41, 5.74) is -1.32. The lowest BCUT2D eigenvalue weighted by Gasteiger charge is -2.13. The van der Waals surface area contributed by atoms with E-state index in [0.29, 0.717) is 6.07 Å². The number of hydrogen-bond acceptors (Lipinski definition) is 3. The van der Waals surface area contributed by atoms with Crippen LogP contribution in [0.5, 0.6) is 0 Å². The number of carbonyl (C=O) groups is 1. The predicted octanol–water partition coefficient (Wildman–Crippen LogP) is 4.20. The van der Waals surface area contributed by atoms with Crippen molar-refractivity contribution in [3.05, 3.63) is 52.7 Å². The minimum Gasteiger partial charge on any atom is -0.478 e. The second-order valence-corrected chi connectivity index (χ2v) is 4.41. The Morgan fingerprint density at radius 1 is 1.19 bits per heavy atom. The van der Waals surface area contributed by atoms with Crippen molar-refractivity contribution in [3.8, 4) is 0 Å². The number of anilines is 2. The Hall–Kier alpha value is -2.28. The fourth-order valence-electron chi connectivity index (χ4n) is 1.58. The number of aromatic nitrogens is 1. The molecule has 2 N–H and O–H groups in total. The maximum atomic E-state index is 12.7. The Kier molecular flexibility index (Phi) is 4.04. The maximum Gasteiger partial charge on any atom is 0.433 e. The number of pyridine rings is 1. The number of hydrogen-bond donors (Lipinski definition) is 2. The van der Waals surface area contributed by atoms with E-state index in [1.807, 2.05) is 0 Å². The van der Waals surface area contributed by atoms with Crippen LogP contribution in [0.3, 0.4) is 0 Å². The monoisotopic (exact) mass is 316 g/mol. The molecule has 0 unspecified atom stereocenters. The third kappa shape index (κ3) is 3.43. The number of halogens is 4. The molecule has 0 atom stereocenters. The number of benzene rings is 1. The van der Waals surface area contributed by atoms with Gasteiger partial charge in [-0.15, -0.1) is 0 Å². The molecule has 0 spiro atoms. The predicted molar refractivity (Wildman–Crippen MR) is 70.9 cm³/mol. The molecule has 1 heterocycles. The van der Waals surface area contributed by atoms with Crippen molar-refractivity contribution in [3.63, 3.8) is 0 Å². The van der Waals surface area contributed by atoms with E-state index in [0.717, 1.165) is 6.07 Å². The van der Waals surface area contributed by atoms with Crippen molar-refractivity contribution >= 4 is 29.1 Å². The normalized spacial score (nSPS) is 11.2. The van der Waals surface area contributed by atoms with E-state index in [4.69, 9.17) is 16.7 Å². The zero-order chi connectivity index (χ0) is 15.6. The zero-order valence-electron chi connectivity index (χ0n) is 10.3. The van der Waals surface area contributed by atoms with Gasteiger partial charge in [-0.2, -0.15) is 13.2 Å². The molecule has 110 valence electrons. The van der Waals surface area contributed by atoms with Crippen LogP contribution in [-0.2, 0) is 6.18 Å². The average Bonchev–Trinajstić information content (AvgIpc) is 2.40.